The first-order valence-electron chi connectivity index (χ1n) is 7.44. The second kappa shape index (κ2) is 7.17. The van der Waals surface area contributed by atoms with Gasteiger partial charge in [0, 0.05) is 12.1 Å². The van der Waals surface area contributed by atoms with Crippen LogP contribution in [0.15, 0.2) is 12.7 Å². The van der Waals surface area contributed by atoms with E-state index in [-0.39, 0.29) is 0 Å². The molecular weight excluding hydrogens is 210 g/mol. The number of rotatable bonds is 5. The molecule has 0 aromatic heterocycles. The van der Waals surface area contributed by atoms with Crippen molar-refractivity contribution < 1.29 is 4.84 Å². The van der Waals surface area contributed by atoms with Crippen molar-refractivity contribution in [2.75, 3.05) is 6.61 Å². The molecule has 2 nitrogen and oxygen atoms in total. The van der Waals surface area contributed by atoms with E-state index in [4.69, 9.17) is 4.84 Å². The van der Waals surface area contributed by atoms with Crippen molar-refractivity contribution in [2.45, 2.75) is 76.3 Å². The average Bonchev–Trinajstić information content (AvgIpc) is 2.42. The molecule has 0 unspecified atom stereocenters. The topological polar surface area (TPSA) is 12.5 Å². The molecule has 0 N–H and O–H groups in total. The zero-order chi connectivity index (χ0) is 11.9. The van der Waals surface area contributed by atoms with Gasteiger partial charge < -0.3 is 0 Å². The molecule has 2 aliphatic rings. The summed E-state index contributed by atoms with van der Waals surface area (Å²) >= 11 is 0. The molecule has 2 rings (SSSR count). The SMILES string of the molecule is C=CCON(C1CCCCC1)C1CCCCC1. The molecule has 17 heavy (non-hydrogen) atoms. The standard InChI is InChI=1S/C15H27NO/c1-2-13-17-16(14-9-5-3-6-10-14)15-11-7-4-8-12-15/h2,14-15H,1,3-13H2. The van der Waals surface area contributed by atoms with Crippen LogP contribution in [0, 0.1) is 0 Å². The molecule has 0 aromatic rings. The molecule has 98 valence electrons. The van der Waals surface area contributed by atoms with Crippen molar-refractivity contribution in [2.24, 2.45) is 0 Å². The Labute approximate surface area is 106 Å². The maximum absolute atomic E-state index is 5.99. The van der Waals surface area contributed by atoms with Gasteiger partial charge in [-0.25, -0.2) is 0 Å². The van der Waals surface area contributed by atoms with Crippen LogP contribution in [-0.4, -0.2) is 23.8 Å². The molecule has 0 bridgehead atoms. The highest BCUT2D eigenvalue weighted by Gasteiger charge is 2.29. The van der Waals surface area contributed by atoms with E-state index in [1.165, 1.54) is 64.2 Å². The Bertz CT molecular complexity index is 199. The van der Waals surface area contributed by atoms with E-state index >= 15 is 0 Å². The fourth-order valence-corrected chi connectivity index (χ4v) is 3.32. The summed E-state index contributed by atoms with van der Waals surface area (Å²) in [5, 5.41) is 2.36. The molecule has 2 saturated carbocycles. The average molecular weight is 237 g/mol. The van der Waals surface area contributed by atoms with E-state index in [9.17, 15) is 0 Å². The Balaban J connectivity index is 1.92. The van der Waals surface area contributed by atoms with Gasteiger partial charge in [0.05, 0.1) is 6.61 Å². The number of hydrogen-bond donors (Lipinski definition) is 0. The van der Waals surface area contributed by atoms with Gasteiger partial charge in [-0.2, -0.15) is 5.06 Å². The van der Waals surface area contributed by atoms with E-state index in [0.717, 1.165) is 0 Å². The molecule has 0 saturated heterocycles. The first-order chi connectivity index (χ1) is 8.42. The lowest BCUT2D eigenvalue weighted by atomic mass is 9.90. The minimum atomic E-state index is 0.673. The third kappa shape index (κ3) is 3.82. The van der Waals surface area contributed by atoms with E-state index in [2.05, 4.69) is 11.6 Å². The van der Waals surface area contributed by atoms with Gasteiger partial charge in [0.25, 0.3) is 0 Å². The van der Waals surface area contributed by atoms with Crippen molar-refractivity contribution in [3.63, 3.8) is 0 Å². The van der Waals surface area contributed by atoms with Crippen molar-refractivity contribution in [1.29, 1.82) is 0 Å². The van der Waals surface area contributed by atoms with Crippen LogP contribution in [0.1, 0.15) is 64.2 Å². The van der Waals surface area contributed by atoms with Crippen LogP contribution in [0.4, 0.5) is 0 Å². The highest BCUT2D eigenvalue weighted by molar-refractivity contribution is 4.80. The van der Waals surface area contributed by atoms with Gasteiger partial charge in [-0.15, -0.1) is 6.58 Å². The summed E-state index contributed by atoms with van der Waals surface area (Å²) in [6.45, 7) is 4.44. The molecule has 0 atom stereocenters. The van der Waals surface area contributed by atoms with Crippen LogP contribution in [0.25, 0.3) is 0 Å². The Morgan fingerprint density at radius 3 is 1.76 bits per heavy atom. The summed E-state index contributed by atoms with van der Waals surface area (Å²) in [6, 6.07) is 1.35. The first-order valence-corrected chi connectivity index (χ1v) is 7.44. The molecule has 0 heterocycles. The zero-order valence-electron chi connectivity index (χ0n) is 11.1. The minimum Gasteiger partial charge on any atom is -0.294 e. The lowest BCUT2D eigenvalue weighted by Gasteiger charge is -2.40. The lowest BCUT2D eigenvalue weighted by molar-refractivity contribution is -0.215. The lowest BCUT2D eigenvalue weighted by Crippen LogP contribution is -2.45. The molecule has 2 heteroatoms. The Morgan fingerprint density at radius 1 is 0.882 bits per heavy atom. The minimum absolute atomic E-state index is 0.673. The van der Waals surface area contributed by atoms with Crippen LogP contribution in [0.5, 0.6) is 0 Å². The van der Waals surface area contributed by atoms with E-state index in [1.807, 2.05) is 6.08 Å². The second-order valence-corrected chi connectivity index (χ2v) is 5.53. The normalized spacial score (nSPS) is 24.1. The number of nitrogens with zero attached hydrogens (tertiary/aromatic N) is 1. The Kier molecular flexibility index (Phi) is 5.53. The Morgan fingerprint density at radius 2 is 1.35 bits per heavy atom. The smallest absolute Gasteiger partial charge is 0.0864 e. The predicted octanol–water partition coefficient (Wildman–Crippen LogP) is 4.07. The van der Waals surface area contributed by atoms with Crippen molar-refractivity contribution >= 4 is 0 Å². The van der Waals surface area contributed by atoms with Crippen molar-refractivity contribution in [1.82, 2.24) is 5.06 Å². The summed E-state index contributed by atoms with van der Waals surface area (Å²) < 4.78 is 0. The zero-order valence-corrected chi connectivity index (χ0v) is 11.1. The van der Waals surface area contributed by atoms with E-state index < -0.39 is 0 Å². The van der Waals surface area contributed by atoms with Gasteiger partial charge in [0.2, 0.25) is 0 Å². The van der Waals surface area contributed by atoms with Crippen molar-refractivity contribution in [3.05, 3.63) is 12.7 Å². The van der Waals surface area contributed by atoms with Gasteiger partial charge in [-0.1, -0.05) is 44.6 Å². The molecule has 0 aromatic carbocycles. The first kappa shape index (κ1) is 13.1. The number of hydroxylamine groups is 2. The highest BCUT2D eigenvalue weighted by Crippen LogP contribution is 2.30. The Hall–Kier alpha value is -0.340. The van der Waals surface area contributed by atoms with Gasteiger partial charge in [0.1, 0.15) is 0 Å². The maximum atomic E-state index is 5.99. The summed E-state index contributed by atoms with van der Waals surface area (Å²) in [6.07, 6.45) is 15.5. The summed E-state index contributed by atoms with van der Waals surface area (Å²) in [5.74, 6) is 0. The highest BCUT2D eigenvalue weighted by atomic mass is 16.7. The third-order valence-corrected chi connectivity index (χ3v) is 4.21. The molecule has 0 amide bonds. The maximum Gasteiger partial charge on any atom is 0.0864 e. The largest absolute Gasteiger partial charge is 0.294 e. The predicted molar refractivity (Wildman–Crippen MR) is 71.7 cm³/mol. The van der Waals surface area contributed by atoms with Gasteiger partial charge >= 0.3 is 0 Å². The number of hydrogen-bond acceptors (Lipinski definition) is 2. The molecule has 2 aliphatic carbocycles. The van der Waals surface area contributed by atoms with Crippen LogP contribution in [0.3, 0.4) is 0 Å². The van der Waals surface area contributed by atoms with Gasteiger partial charge in [-0.3, -0.25) is 4.84 Å². The monoisotopic (exact) mass is 237 g/mol. The van der Waals surface area contributed by atoms with Crippen LogP contribution in [0.2, 0.25) is 0 Å². The van der Waals surface area contributed by atoms with Gasteiger partial charge in [0.15, 0.2) is 0 Å². The quantitative estimate of drug-likeness (QED) is 0.528. The fraction of sp³-hybridized carbons (Fsp3) is 0.867. The fourth-order valence-electron chi connectivity index (χ4n) is 3.32. The molecular formula is C15H27NO. The van der Waals surface area contributed by atoms with Crippen LogP contribution >= 0.6 is 0 Å². The molecule has 0 aliphatic heterocycles. The molecule has 2 fully saturated rings. The van der Waals surface area contributed by atoms with Crippen molar-refractivity contribution in [3.8, 4) is 0 Å². The summed E-state index contributed by atoms with van der Waals surface area (Å²) in [7, 11) is 0. The van der Waals surface area contributed by atoms with Crippen LogP contribution < -0.4 is 0 Å². The van der Waals surface area contributed by atoms with Gasteiger partial charge in [-0.05, 0) is 25.7 Å². The van der Waals surface area contributed by atoms with E-state index in [0.29, 0.717) is 18.7 Å². The van der Waals surface area contributed by atoms with E-state index in [1.54, 1.807) is 0 Å². The molecule has 0 radical (unpaired) electrons. The summed E-state index contributed by atoms with van der Waals surface area (Å²) in [5.41, 5.74) is 0. The second-order valence-electron chi connectivity index (χ2n) is 5.53. The van der Waals surface area contributed by atoms with Crippen LogP contribution in [-0.2, 0) is 4.84 Å². The molecule has 0 spiro atoms. The third-order valence-electron chi connectivity index (χ3n) is 4.21. The summed E-state index contributed by atoms with van der Waals surface area (Å²) in [4.78, 5) is 5.99.